The quantitative estimate of drug-likeness (QED) is 0.474. The van der Waals surface area contributed by atoms with E-state index in [2.05, 4.69) is 4.98 Å². The number of hydrogen-bond donors (Lipinski definition) is 1. The first kappa shape index (κ1) is 21.6. The summed E-state index contributed by atoms with van der Waals surface area (Å²) in [5, 5.41) is 11.7. The maximum atomic E-state index is 13.9. The van der Waals surface area contributed by atoms with E-state index < -0.39 is 17.7 Å². The van der Waals surface area contributed by atoms with Crippen LogP contribution in [0.15, 0.2) is 72.0 Å². The molecule has 0 spiro atoms. The van der Waals surface area contributed by atoms with E-state index in [1.807, 2.05) is 60.7 Å². The number of amides is 1. The largest absolute Gasteiger partial charge is 0.503 e. The number of aromatic nitrogens is 1. The summed E-state index contributed by atoms with van der Waals surface area (Å²) in [6.45, 7) is 1.81. The van der Waals surface area contributed by atoms with Gasteiger partial charge in [0.2, 0.25) is 5.78 Å². The van der Waals surface area contributed by atoms with Gasteiger partial charge in [-0.2, -0.15) is 0 Å². The number of rotatable bonds is 5. The second-order valence-electron chi connectivity index (χ2n) is 8.71. The van der Waals surface area contributed by atoms with Crippen molar-refractivity contribution in [2.24, 2.45) is 0 Å². The molecule has 5 nitrogen and oxygen atoms in total. The van der Waals surface area contributed by atoms with Gasteiger partial charge in [0, 0.05) is 11.6 Å². The molecule has 0 radical (unpaired) electrons. The van der Waals surface area contributed by atoms with E-state index >= 15 is 0 Å². The number of aryl methyl sites for hydroxylation is 1. The van der Waals surface area contributed by atoms with E-state index in [4.69, 9.17) is 0 Å². The molecule has 168 valence electrons. The van der Waals surface area contributed by atoms with Gasteiger partial charge in [0.15, 0.2) is 5.76 Å². The van der Waals surface area contributed by atoms with E-state index in [1.165, 1.54) is 11.3 Å². The number of carbonyl (C=O) groups is 2. The van der Waals surface area contributed by atoms with Crippen LogP contribution < -0.4 is 0 Å². The van der Waals surface area contributed by atoms with Crippen molar-refractivity contribution >= 4 is 23.0 Å². The van der Waals surface area contributed by atoms with Crippen molar-refractivity contribution < 1.29 is 14.7 Å². The number of aliphatic hydroxyl groups excluding tert-OH is 1. The van der Waals surface area contributed by atoms with Gasteiger partial charge in [0.25, 0.3) is 5.91 Å². The van der Waals surface area contributed by atoms with Crippen LogP contribution in [0.25, 0.3) is 10.6 Å². The molecule has 1 aliphatic carbocycles. The lowest BCUT2D eigenvalue weighted by Gasteiger charge is -2.36. The first-order chi connectivity index (χ1) is 16.1. The van der Waals surface area contributed by atoms with Gasteiger partial charge in [-0.25, -0.2) is 4.98 Å². The number of carbonyl (C=O) groups excluding carboxylic acids is 2. The van der Waals surface area contributed by atoms with Crippen LogP contribution in [0.1, 0.15) is 59.1 Å². The van der Waals surface area contributed by atoms with E-state index in [-0.39, 0.29) is 17.4 Å². The predicted molar refractivity (Wildman–Crippen MR) is 129 cm³/mol. The minimum atomic E-state index is -0.587. The molecule has 0 saturated heterocycles. The monoisotopic (exact) mass is 458 g/mol. The summed E-state index contributed by atoms with van der Waals surface area (Å²) in [5.74, 6) is -1.18. The van der Waals surface area contributed by atoms with Crippen molar-refractivity contribution in [3.63, 3.8) is 0 Å². The smallest absolute Gasteiger partial charge is 0.290 e. The van der Waals surface area contributed by atoms with Gasteiger partial charge in [0.1, 0.15) is 5.01 Å². The van der Waals surface area contributed by atoms with Crippen LogP contribution in [0.5, 0.6) is 0 Å². The van der Waals surface area contributed by atoms with Crippen LogP contribution in [0.4, 0.5) is 0 Å². The number of ketones is 1. The van der Waals surface area contributed by atoms with E-state index in [0.29, 0.717) is 10.6 Å². The van der Waals surface area contributed by atoms with Crippen LogP contribution >= 0.6 is 11.3 Å². The second-order valence-corrected chi connectivity index (χ2v) is 9.71. The third-order valence-corrected chi connectivity index (χ3v) is 7.80. The maximum absolute atomic E-state index is 13.9. The first-order valence-electron chi connectivity index (χ1n) is 11.4. The number of hydrogen-bond acceptors (Lipinski definition) is 5. The summed E-state index contributed by atoms with van der Waals surface area (Å²) >= 11 is 1.31. The first-order valence-corrected chi connectivity index (χ1v) is 12.3. The lowest BCUT2D eigenvalue weighted by atomic mass is 9.90. The summed E-state index contributed by atoms with van der Waals surface area (Å²) in [4.78, 5) is 34.0. The van der Waals surface area contributed by atoms with Crippen molar-refractivity contribution in [2.75, 3.05) is 0 Å². The molecule has 33 heavy (non-hydrogen) atoms. The fourth-order valence-corrected chi connectivity index (χ4v) is 6.01. The molecule has 1 unspecified atom stereocenters. The highest BCUT2D eigenvalue weighted by atomic mass is 32.1. The minimum Gasteiger partial charge on any atom is -0.503 e. The van der Waals surface area contributed by atoms with Gasteiger partial charge >= 0.3 is 0 Å². The number of nitrogens with zero attached hydrogens (tertiary/aromatic N) is 2. The van der Waals surface area contributed by atoms with Crippen molar-refractivity contribution in [3.05, 3.63) is 88.1 Å². The molecule has 2 aliphatic rings. The molecular formula is C27H26N2O3S. The highest BCUT2D eigenvalue weighted by Crippen LogP contribution is 2.44. The Morgan fingerprint density at radius 1 is 1.00 bits per heavy atom. The van der Waals surface area contributed by atoms with Crippen LogP contribution in [0.2, 0.25) is 0 Å². The van der Waals surface area contributed by atoms with E-state index in [1.54, 1.807) is 11.8 Å². The average molecular weight is 459 g/mol. The Bertz CT molecular complexity index is 1210. The summed E-state index contributed by atoms with van der Waals surface area (Å²) in [7, 11) is 0. The number of thiazole rings is 1. The molecule has 1 fully saturated rings. The van der Waals surface area contributed by atoms with Crippen molar-refractivity contribution in [1.82, 2.24) is 9.88 Å². The second kappa shape index (κ2) is 8.94. The van der Waals surface area contributed by atoms with Gasteiger partial charge in [-0.3, -0.25) is 9.59 Å². The van der Waals surface area contributed by atoms with E-state index in [9.17, 15) is 14.7 Å². The summed E-state index contributed by atoms with van der Waals surface area (Å²) in [6, 6.07) is 18.7. The molecule has 3 aromatic rings. The number of aliphatic hydroxyl groups is 1. The molecule has 1 saturated carbocycles. The van der Waals surface area contributed by atoms with Crippen molar-refractivity contribution in [3.8, 4) is 10.6 Å². The van der Waals surface area contributed by atoms with Crippen LogP contribution in [0.3, 0.4) is 0 Å². The van der Waals surface area contributed by atoms with Gasteiger partial charge in [-0.15, -0.1) is 11.3 Å². The Balaban J connectivity index is 1.57. The fourth-order valence-electron chi connectivity index (χ4n) is 4.99. The Labute approximate surface area is 197 Å². The SMILES string of the molecule is Cc1nc(-c2ccccc2)sc1C(=O)C1=C(O)C(=O)N(C2CCCCC2)C1c1ccccc1. The van der Waals surface area contributed by atoms with Crippen LogP contribution in [-0.2, 0) is 4.79 Å². The molecule has 2 heterocycles. The summed E-state index contributed by atoms with van der Waals surface area (Å²) in [6.07, 6.45) is 5.04. The molecule has 1 atom stereocenters. The van der Waals surface area contributed by atoms with Crippen molar-refractivity contribution in [1.29, 1.82) is 0 Å². The number of benzene rings is 2. The molecule has 1 aliphatic heterocycles. The highest BCUT2D eigenvalue weighted by Gasteiger charge is 2.47. The average Bonchev–Trinajstić information content (AvgIpc) is 3.38. The van der Waals surface area contributed by atoms with E-state index in [0.717, 1.165) is 48.2 Å². The summed E-state index contributed by atoms with van der Waals surface area (Å²) < 4.78 is 0. The third-order valence-electron chi connectivity index (χ3n) is 6.60. The van der Waals surface area contributed by atoms with Gasteiger partial charge in [-0.1, -0.05) is 79.9 Å². The zero-order valence-electron chi connectivity index (χ0n) is 18.5. The van der Waals surface area contributed by atoms with Gasteiger partial charge in [0.05, 0.1) is 22.2 Å². The fraction of sp³-hybridized carbons (Fsp3) is 0.296. The standard InChI is InChI=1S/C27H26N2O3S/c1-17-25(33-26(28-17)19-13-7-3-8-14-19)23(30)21-22(18-11-5-2-6-12-18)29(27(32)24(21)31)20-15-9-4-10-16-20/h2-3,5-8,11-14,20,22,31H,4,9-10,15-16H2,1H3. The molecule has 5 rings (SSSR count). The molecule has 2 aromatic carbocycles. The zero-order chi connectivity index (χ0) is 22.9. The Kier molecular flexibility index (Phi) is 5.85. The van der Waals surface area contributed by atoms with Gasteiger partial charge in [-0.05, 0) is 25.3 Å². The van der Waals surface area contributed by atoms with Crippen molar-refractivity contribution in [2.45, 2.75) is 51.1 Å². The summed E-state index contributed by atoms with van der Waals surface area (Å²) in [5.41, 5.74) is 2.56. The maximum Gasteiger partial charge on any atom is 0.290 e. The molecule has 1 amide bonds. The molecule has 1 N–H and O–H groups in total. The predicted octanol–water partition coefficient (Wildman–Crippen LogP) is 6.03. The van der Waals surface area contributed by atoms with Crippen LogP contribution in [0, 0.1) is 6.92 Å². The topological polar surface area (TPSA) is 70.5 Å². The van der Waals surface area contributed by atoms with Crippen LogP contribution in [-0.4, -0.2) is 32.7 Å². The lowest BCUT2D eigenvalue weighted by Crippen LogP contribution is -2.41. The van der Waals surface area contributed by atoms with Gasteiger partial charge < -0.3 is 10.0 Å². The molecule has 1 aromatic heterocycles. The zero-order valence-corrected chi connectivity index (χ0v) is 19.3. The molecular weight excluding hydrogens is 432 g/mol. The Hall–Kier alpha value is -3.25. The highest BCUT2D eigenvalue weighted by molar-refractivity contribution is 7.17. The Morgan fingerprint density at radius 3 is 2.30 bits per heavy atom. The normalized spacial score (nSPS) is 19.4. The lowest BCUT2D eigenvalue weighted by molar-refractivity contribution is -0.132. The molecule has 6 heteroatoms. The third kappa shape index (κ3) is 3.89. The Morgan fingerprint density at radius 2 is 1.64 bits per heavy atom. The number of Topliss-reactive ketones (excluding diaryl/α,β-unsaturated/α-hetero) is 1. The molecule has 0 bridgehead atoms. The minimum absolute atomic E-state index is 0.0198.